The third kappa shape index (κ3) is 2.75. The highest BCUT2D eigenvalue weighted by Gasteiger charge is 2.48. The van der Waals surface area contributed by atoms with Crippen LogP contribution in [0.3, 0.4) is 0 Å². The number of hydrogen-bond acceptors (Lipinski definition) is 3. The zero-order chi connectivity index (χ0) is 17.4. The molecule has 0 unspecified atom stereocenters. The quantitative estimate of drug-likeness (QED) is 0.825. The number of nitrogens with zero attached hydrogens (tertiary/aromatic N) is 2. The molecule has 0 aliphatic carbocycles. The highest BCUT2D eigenvalue weighted by Crippen LogP contribution is 2.26. The van der Waals surface area contributed by atoms with Gasteiger partial charge >= 0.3 is 6.03 Å². The Kier molecular flexibility index (Phi) is 3.71. The molecule has 130 valence electrons. The topological polar surface area (TPSA) is 83.4 Å². The smallest absolute Gasteiger partial charge is 0.322 e. The molecule has 25 heavy (non-hydrogen) atoms. The number of nitrogens with one attached hydrogen (secondary N) is 2. The lowest BCUT2D eigenvalue weighted by Gasteiger charge is -2.37. The minimum atomic E-state index is -0.829. The van der Waals surface area contributed by atoms with E-state index in [2.05, 4.69) is 21.3 Å². The Bertz CT molecular complexity index is 849. The number of fused-ring (bicyclic) bond motifs is 1. The summed E-state index contributed by atoms with van der Waals surface area (Å²) in [6.45, 7) is 1.60. The number of carbonyl (C=O) groups excluding carboxylic acids is 3. The molecule has 2 fully saturated rings. The number of benzene rings is 1. The van der Waals surface area contributed by atoms with Crippen molar-refractivity contribution in [1.29, 1.82) is 0 Å². The molecule has 0 bridgehead atoms. The summed E-state index contributed by atoms with van der Waals surface area (Å²) in [7, 11) is 0. The first-order valence-electron chi connectivity index (χ1n) is 8.53. The van der Waals surface area contributed by atoms with Crippen molar-refractivity contribution in [1.82, 2.24) is 20.1 Å². The van der Waals surface area contributed by atoms with E-state index in [1.807, 2.05) is 30.5 Å². The Morgan fingerprint density at radius 2 is 1.88 bits per heavy atom. The number of rotatable bonds is 3. The van der Waals surface area contributed by atoms with Crippen molar-refractivity contribution in [2.45, 2.75) is 31.3 Å². The van der Waals surface area contributed by atoms with Gasteiger partial charge in [-0.05, 0) is 30.4 Å². The molecule has 2 saturated heterocycles. The van der Waals surface area contributed by atoms with Crippen LogP contribution < -0.4 is 10.6 Å². The van der Waals surface area contributed by atoms with Crippen molar-refractivity contribution < 1.29 is 14.4 Å². The van der Waals surface area contributed by atoms with E-state index in [1.54, 1.807) is 4.90 Å². The Hall–Kier alpha value is -2.83. The molecule has 2 N–H and O–H groups in total. The van der Waals surface area contributed by atoms with Gasteiger partial charge in [-0.1, -0.05) is 18.2 Å². The number of likely N-dealkylation sites (tertiary alicyclic amines) is 1. The van der Waals surface area contributed by atoms with Gasteiger partial charge in [0.2, 0.25) is 5.91 Å². The molecule has 0 atom stereocenters. The number of aryl methyl sites for hydroxylation is 1. The van der Waals surface area contributed by atoms with Gasteiger partial charge in [-0.15, -0.1) is 0 Å². The van der Waals surface area contributed by atoms with Crippen molar-refractivity contribution in [2.24, 2.45) is 0 Å². The van der Waals surface area contributed by atoms with E-state index < -0.39 is 11.6 Å². The zero-order valence-corrected chi connectivity index (χ0v) is 13.8. The van der Waals surface area contributed by atoms with Crippen LogP contribution in [0, 0.1) is 0 Å². The number of imide groups is 1. The van der Waals surface area contributed by atoms with Gasteiger partial charge in [0, 0.05) is 37.8 Å². The second kappa shape index (κ2) is 5.91. The van der Waals surface area contributed by atoms with Crippen LogP contribution in [0.25, 0.3) is 10.9 Å². The molecular weight excluding hydrogens is 320 g/mol. The first kappa shape index (κ1) is 15.7. The Labute approximate surface area is 145 Å². The number of urea groups is 1. The monoisotopic (exact) mass is 340 g/mol. The van der Waals surface area contributed by atoms with E-state index in [9.17, 15) is 14.4 Å². The molecule has 7 nitrogen and oxygen atoms in total. The molecule has 2 aliphatic heterocycles. The normalized spacial score (nSPS) is 19.3. The molecule has 1 spiro atoms. The lowest BCUT2D eigenvalue weighted by molar-refractivity contribution is -0.136. The maximum atomic E-state index is 12.5. The minimum absolute atomic E-state index is 0.0809. The van der Waals surface area contributed by atoms with Crippen LogP contribution in [0.1, 0.15) is 19.3 Å². The first-order chi connectivity index (χ1) is 12.1. The van der Waals surface area contributed by atoms with E-state index in [4.69, 9.17) is 0 Å². The van der Waals surface area contributed by atoms with Crippen LogP contribution in [-0.2, 0) is 16.1 Å². The van der Waals surface area contributed by atoms with Gasteiger partial charge in [0.1, 0.15) is 5.54 Å². The number of hydrogen-bond donors (Lipinski definition) is 2. The fourth-order valence-electron chi connectivity index (χ4n) is 3.73. The van der Waals surface area contributed by atoms with E-state index in [-0.39, 0.29) is 11.8 Å². The van der Waals surface area contributed by atoms with Crippen LogP contribution in [0.15, 0.2) is 36.5 Å². The summed E-state index contributed by atoms with van der Waals surface area (Å²) < 4.78 is 2.09. The highest BCUT2D eigenvalue weighted by atomic mass is 16.2. The van der Waals surface area contributed by atoms with Crippen molar-refractivity contribution in [3.8, 4) is 0 Å². The second-order valence-electron chi connectivity index (χ2n) is 6.69. The summed E-state index contributed by atoms with van der Waals surface area (Å²) >= 11 is 0. The van der Waals surface area contributed by atoms with E-state index in [1.165, 1.54) is 0 Å². The molecule has 4 amide bonds. The van der Waals surface area contributed by atoms with Gasteiger partial charge in [0.15, 0.2) is 0 Å². The zero-order valence-electron chi connectivity index (χ0n) is 13.8. The maximum absolute atomic E-state index is 12.5. The molecule has 0 saturated carbocycles. The first-order valence-corrected chi connectivity index (χ1v) is 8.53. The summed E-state index contributed by atoms with van der Waals surface area (Å²) in [5.41, 5.74) is 0.294. The van der Waals surface area contributed by atoms with Gasteiger partial charge in [0.05, 0.1) is 0 Å². The van der Waals surface area contributed by atoms with Crippen LogP contribution in [0.2, 0.25) is 0 Å². The average molecular weight is 340 g/mol. The van der Waals surface area contributed by atoms with Crippen LogP contribution >= 0.6 is 0 Å². The molecule has 1 aromatic heterocycles. The molecule has 0 radical (unpaired) electrons. The van der Waals surface area contributed by atoms with Crippen molar-refractivity contribution in [3.05, 3.63) is 36.5 Å². The van der Waals surface area contributed by atoms with Crippen LogP contribution in [0.4, 0.5) is 4.79 Å². The molecule has 3 heterocycles. The molecular formula is C18H20N4O3. The average Bonchev–Trinajstić information content (AvgIpc) is 3.14. The number of amides is 4. The third-order valence-electron chi connectivity index (χ3n) is 5.23. The van der Waals surface area contributed by atoms with Gasteiger partial charge in [-0.3, -0.25) is 14.9 Å². The van der Waals surface area contributed by atoms with Crippen molar-refractivity contribution in [2.75, 3.05) is 13.1 Å². The molecule has 1 aromatic carbocycles. The van der Waals surface area contributed by atoms with Crippen molar-refractivity contribution in [3.63, 3.8) is 0 Å². The second-order valence-corrected chi connectivity index (χ2v) is 6.69. The van der Waals surface area contributed by atoms with Gasteiger partial charge in [0.25, 0.3) is 5.91 Å². The molecule has 2 aliphatic rings. The fraction of sp³-hybridized carbons (Fsp3) is 0.389. The summed E-state index contributed by atoms with van der Waals surface area (Å²) in [6.07, 6.45) is 3.34. The third-order valence-corrected chi connectivity index (χ3v) is 5.23. The molecule has 4 rings (SSSR count). The number of aromatic nitrogens is 1. The molecule has 2 aromatic rings. The van der Waals surface area contributed by atoms with Gasteiger partial charge in [-0.2, -0.15) is 0 Å². The summed E-state index contributed by atoms with van der Waals surface area (Å²) in [6, 6.07) is 9.70. The minimum Gasteiger partial charge on any atom is -0.347 e. The lowest BCUT2D eigenvalue weighted by Crippen LogP contribution is -2.55. The van der Waals surface area contributed by atoms with Crippen molar-refractivity contribution >= 4 is 28.7 Å². The largest absolute Gasteiger partial charge is 0.347 e. The summed E-state index contributed by atoms with van der Waals surface area (Å²) in [5, 5.41) is 6.16. The Morgan fingerprint density at radius 1 is 1.12 bits per heavy atom. The van der Waals surface area contributed by atoms with Crippen LogP contribution in [0.5, 0.6) is 0 Å². The summed E-state index contributed by atoms with van der Waals surface area (Å²) in [5.74, 6) is -0.194. The lowest BCUT2D eigenvalue weighted by atomic mass is 9.87. The predicted molar refractivity (Wildman–Crippen MR) is 91.8 cm³/mol. The molecule has 7 heteroatoms. The van der Waals surface area contributed by atoms with E-state index in [0.29, 0.717) is 38.9 Å². The number of para-hydroxylation sites is 1. The summed E-state index contributed by atoms with van der Waals surface area (Å²) in [4.78, 5) is 37.6. The van der Waals surface area contributed by atoms with E-state index in [0.717, 1.165) is 10.9 Å². The predicted octanol–water partition coefficient (Wildman–Crippen LogP) is 1.23. The SMILES string of the molecule is O=C1NC(=O)C2(CCN(C(=O)CCn3ccc4ccccc43)CC2)N1. The van der Waals surface area contributed by atoms with E-state index >= 15 is 0 Å². The number of carbonyl (C=O) groups is 3. The Balaban J connectivity index is 1.35. The van der Waals surface area contributed by atoms with Crippen LogP contribution in [-0.4, -0.2) is 45.9 Å². The maximum Gasteiger partial charge on any atom is 0.322 e. The standard InChI is InChI=1S/C18H20N4O3/c23-15(6-10-21-9-5-13-3-1-2-4-14(13)21)22-11-7-18(8-12-22)16(24)19-17(25)20-18/h1-5,9H,6-8,10-12H2,(H2,19,20,24,25). The highest BCUT2D eigenvalue weighted by molar-refractivity contribution is 6.07. The van der Waals surface area contributed by atoms with Gasteiger partial charge < -0.3 is 14.8 Å². The Morgan fingerprint density at radius 3 is 2.60 bits per heavy atom. The van der Waals surface area contributed by atoms with Gasteiger partial charge in [-0.25, -0.2) is 4.79 Å². The fourth-order valence-corrected chi connectivity index (χ4v) is 3.73. The number of piperidine rings is 1.